The molecule has 26 heavy (non-hydrogen) atoms. The van der Waals surface area contributed by atoms with Crippen LogP contribution in [0.25, 0.3) is 0 Å². The van der Waals surface area contributed by atoms with Crippen LogP contribution in [0.1, 0.15) is 63.4 Å². The number of unbranched alkanes of at least 4 members (excludes halogenated alkanes) is 3. The topological polar surface area (TPSA) is 49.8 Å². The Morgan fingerprint density at radius 3 is 2.54 bits per heavy atom. The Bertz CT molecular complexity index is 587. The lowest BCUT2D eigenvalue weighted by molar-refractivity contribution is -0.0553. The predicted octanol–water partition coefficient (Wildman–Crippen LogP) is 4.82. The average Bonchev–Trinajstić information content (AvgIpc) is 2.93. The fourth-order valence-electron chi connectivity index (χ4n) is 4.54. The third-order valence-corrected chi connectivity index (χ3v) is 5.82. The van der Waals surface area contributed by atoms with E-state index in [0.717, 1.165) is 50.5 Å². The number of allylic oxidation sites excluding steroid dienone is 1. The lowest BCUT2D eigenvalue weighted by Gasteiger charge is -2.43. The Balaban J connectivity index is 1.49. The fourth-order valence-corrected chi connectivity index (χ4v) is 4.54. The maximum absolute atomic E-state index is 12.6. The van der Waals surface area contributed by atoms with Crippen molar-refractivity contribution in [1.29, 1.82) is 0 Å². The van der Waals surface area contributed by atoms with E-state index in [-0.39, 0.29) is 18.2 Å². The van der Waals surface area contributed by atoms with Crippen molar-refractivity contribution in [2.75, 3.05) is 0 Å². The second kappa shape index (κ2) is 8.72. The molecule has 2 fully saturated rings. The molecule has 0 spiro atoms. The summed E-state index contributed by atoms with van der Waals surface area (Å²) in [6.07, 6.45) is 10.3. The number of rotatable bonds is 8. The lowest BCUT2D eigenvalue weighted by atomic mass is 9.82. The summed E-state index contributed by atoms with van der Waals surface area (Å²) in [7, 11) is 0. The molecule has 0 aromatic heterocycles. The zero-order valence-electron chi connectivity index (χ0n) is 15.6. The van der Waals surface area contributed by atoms with Crippen molar-refractivity contribution >= 4 is 6.09 Å². The predicted molar refractivity (Wildman–Crippen MR) is 103 cm³/mol. The monoisotopic (exact) mass is 357 g/mol. The van der Waals surface area contributed by atoms with Gasteiger partial charge in [-0.1, -0.05) is 49.2 Å². The van der Waals surface area contributed by atoms with Gasteiger partial charge in [0.2, 0.25) is 0 Å². The third kappa shape index (κ3) is 4.67. The second-order valence-corrected chi connectivity index (χ2v) is 7.85. The van der Waals surface area contributed by atoms with Gasteiger partial charge in [0, 0.05) is 12.1 Å². The van der Waals surface area contributed by atoms with E-state index in [2.05, 4.69) is 6.58 Å². The SMILES string of the molecule is C=CCCCCCC1(O)CC2CCC(C1)N2C(=O)OCc1ccccc1. The molecular formula is C22H31NO3. The average molecular weight is 357 g/mol. The first-order valence-corrected chi connectivity index (χ1v) is 9.93. The minimum Gasteiger partial charge on any atom is -0.445 e. The Labute approximate surface area is 156 Å². The van der Waals surface area contributed by atoms with Crippen molar-refractivity contribution in [3.05, 3.63) is 48.6 Å². The molecule has 4 nitrogen and oxygen atoms in total. The van der Waals surface area contributed by atoms with Crippen molar-refractivity contribution in [3.63, 3.8) is 0 Å². The van der Waals surface area contributed by atoms with Gasteiger partial charge in [0.25, 0.3) is 0 Å². The Morgan fingerprint density at radius 1 is 1.19 bits per heavy atom. The summed E-state index contributed by atoms with van der Waals surface area (Å²) in [5.74, 6) is 0. The van der Waals surface area contributed by atoms with E-state index in [0.29, 0.717) is 19.4 Å². The van der Waals surface area contributed by atoms with Gasteiger partial charge >= 0.3 is 6.09 Å². The highest BCUT2D eigenvalue weighted by atomic mass is 16.6. The zero-order chi connectivity index (χ0) is 18.4. The summed E-state index contributed by atoms with van der Waals surface area (Å²) >= 11 is 0. The number of ether oxygens (including phenoxy) is 1. The number of aliphatic hydroxyl groups is 1. The van der Waals surface area contributed by atoms with Crippen molar-refractivity contribution in [1.82, 2.24) is 4.90 Å². The van der Waals surface area contributed by atoms with Crippen LogP contribution >= 0.6 is 0 Å². The Hall–Kier alpha value is -1.81. The molecule has 2 heterocycles. The number of piperidine rings is 1. The molecule has 4 heteroatoms. The highest BCUT2D eigenvalue weighted by molar-refractivity contribution is 5.69. The molecule has 2 bridgehead atoms. The number of amides is 1. The number of carbonyl (C=O) groups is 1. The Kier molecular flexibility index (Phi) is 6.36. The van der Waals surface area contributed by atoms with Crippen LogP contribution < -0.4 is 0 Å². The normalized spacial score (nSPS) is 27.3. The van der Waals surface area contributed by atoms with E-state index in [9.17, 15) is 9.90 Å². The third-order valence-electron chi connectivity index (χ3n) is 5.82. The fraction of sp³-hybridized carbons (Fsp3) is 0.591. The molecule has 0 radical (unpaired) electrons. The quantitative estimate of drug-likeness (QED) is 0.536. The summed E-state index contributed by atoms with van der Waals surface area (Å²) in [6, 6.07) is 10.0. The smallest absolute Gasteiger partial charge is 0.410 e. The van der Waals surface area contributed by atoms with E-state index < -0.39 is 5.60 Å². The second-order valence-electron chi connectivity index (χ2n) is 7.85. The molecule has 142 valence electrons. The number of nitrogens with zero attached hydrogens (tertiary/aromatic N) is 1. The molecule has 1 amide bonds. The van der Waals surface area contributed by atoms with E-state index in [1.54, 1.807) is 0 Å². The largest absolute Gasteiger partial charge is 0.445 e. The van der Waals surface area contributed by atoms with Crippen LogP contribution in [0.5, 0.6) is 0 Å². The highest BCUT2D eigenvalue weighted by Crippen LogP contribution is 2.43. The molecule has 1 N–H and O–H groups in total. The summed E-state index contributed by atoms with van der Waals surface area (Å²) < 4.78 is 5.54. The van der Waals surface area contributed by atoms with Gasteiger partial charge in [0.1, 0.15) is 6.61 Å². The number of hydrogen-bond acceptors (Lipinski definition) is 3. The molecule has 1 aromatic carbocycles. The number of hydrogen-bond donors (Lipinski definition) is 1. The minimum absolute atomic E-state index is 0.121. The van der Waals surface area contributed by atoms with Crippen molar-refractivity contribution in [2.45, 2.75) is 82.1 Å². The van der Waals surface area contributed by atoms with Gasteiger partial charge < -0.3 is 14.7 Å². The first-order chi connectivity index (χ1) is 12.6. The van der Waals surface area contributed by atoms with E-state index in [4.69, 9.17) is 4.74 Å². The molecule has 2 aliphatic heterocycles. The molecule has 3 rings (SSSR count). The number of carbonyl (C=O) groups excluding carboxylic acids is 1. The number of benzene rings is 1. The molecular weight excluding hydrogens is 326 g/mol. The van der Waals surface area contributed by atoms with Gasteiger partial charge in [-0.2, -0.15) is 0 Å². The first kappa shape index (κ1) is 19.0. The lowest BCUT2D eigenvalue weighted by Crippen LogP contribution is -2.53. The summed E-state index contributed by atoms with van der Waals surface area (Å²) in [4.78, 5) is 14.5. The van der Waals surface area contributed by atoms with Crippen LogP contribution in [0.3, 0.4) is 0 Å². The molecule has 0 saturated carbocycles. The van der Waals surface area contributed by atoms with Gasteiger partial charge in [-0.05, 0) is 50.5 Å². The van der Waals surface area contributed by atoms with Gasteiger partial charge in [-0.15, -0.1) is 6.58 Å². The minimum atomic E-state index is -0.615. The van der Waals surface area contributed by atoms with Crippen LogP contribution in [0.2, 0.25) is 0 Å². The van der Waals surface area contributed by atoms with Crippen LogP contribution in [-0.4, -0.2) is 33.8 Å². The van der Waals surface area contributed by atoms with Crippen LogP contribution in [-0.2, 0) is 11.3 Å². The summed E-state index contributed by atoms with van der Waals surface area (Å²) in [5.41, 5.74) is 0.386. The van der Waals surface area contributed by atoms with Gasteiger partial charge in [0.15, 0.2) is 0 Å². The van der Waals surface area contributed by atoms with Gasteiger partial charge in [0.05, 0.1) is 5.60 Å². The zero-order valence-corrected chi connectivity index (χ0v) is 15.6. The molecule has 2 aliphatic rings. The van der Waals surface area contributed by atoms with Gasteiger partial charge in [-0.25, -0.2) is 4.79 Å². The highest BCUT2D eigenvalue weighted by Gasteiger charge is 2.49. The van der Waals surface area contributed by atoms with Crippen LogP contribution in [0, 0.1) is 0 Å². The standard InChI is InChI=1S/C22H31NO3/c1-2-3-4-5-9-14-22(25)15-19-12-13-20(16-22)23(19)21(24)26-17-18-10-7-6-8-11-18/h2,6-8,10-11,19-20,25H,1,3-5,9,12-17H2. The maximum Gasteiger partial charge on any atom is 0.410 e. The molecule has 1 aromatic rings. The molecule has 2 atom stereocenters. The first-order valence-electron chi connectivity index (χ1n) is 9.93. The molecule has 2 unspecified atom stereocenters. The van der Waals surface area contributed by atoms with Crippen molar-refractivity contribution in [3.8, 4) is 0 Å². The Morgan fingerprint density at radius 2 is 1.88 bits per heavy atom. The maximum atomic E-state index is 12.6. The summed E-state index contributed by atoms with van der Waals surface area (Å²) in [5, 5.41) is 11.0. The van der Waals surface area contributed by atoms with E-state index >= 15 is 0 Å². The molecule has 2 saturated heterocycles. The van der Waals surface area contributed by atoms with Crippen molar-refractivity contribution < 1.29 is 14.6 Å². The van der Waals surface area contributed by atoms with E-state index in [1.807, 2.05) is 41.3 Å². The van der Waals surface area contributed by atoms with E-state index in [1.165, 1.54) is 0 Å². The summed E-state index contributed by atoms with van der Waals surface area (Å²) in [6.45, 7) is 4.06. The molecule has 0 aliphatic carbocycles. The number of fused-ring (bicyclic) bond motifs is 2. The van der Waals surface area contributed by atoms with Gasteiger partial charge in [-0.3, -0.25) is 0 Å². The van der Waals surface area contributed by atoms with Crippen LogP contribution in [0.4, 0.5) is 4.79 Å². The van der Waals surface area contributed by atoms with Crippen molar-refractivity contribution in [2.24, 2.45) is 0 Å². The van der Waals surface area contributed by atoms with Crippen LogP contribution in [0.15, 0.2) is 43.0 Å².